The maximum Gasteiger partial charge on any atom is 0.337 e. The number of ether oxygens (including phenoxy) is 2. The molecule has 0 radical (unpaired) electrons. The third kappa shape index (κ3) is 5.88. The number of methoxy groups -OCH3 is 1. The predicted octanol–water partition coefficient (Wildman–Crippen LogP) is 4.01. The zero-order valence-corrected chi connectivity index (χ0v) is 19.4. The van der Waals surface area contributed by atoms with Gasteiger partial charge in [-0.05, 0) is 62.2 Å². The van der Waals surface area contributed by atoms with Gasteiger partial charge in [0.25, 0.3) is 0 Å². The van der Waals surface area contributed by atoms with E-state index >= 15 is 0 Å². The average Bonchev–Trinajstić information content (AvgIpc) is 3.20. The second kappa shape index (κ2) is 10.8. The van der Waals surface area contributed by atoms with Gasteiger partial charge in [0.15, 0.2) is 11.0 Å². The summed E-state index contributed by atoms with van der Waals surface area (Å²) >= 11 is 1.31. The summed E-state index contributed by atoms with van der Waals surface area (Å²) in [5, 5.41) is 11.9. The van der Waals surface area contributed by atoms with Crippen LogP contribution in [0.15, 0.2) is 47.6 Å². The number of hydrogen-bond acceptors (Lipinski definition) is 7. The molecule has 3 rings (SSSR count). The van der Waals surface area contributed by atoms with Crippen LogP contribution in [0.4, 0.5) is 5.69 Å². The van der Waals surface area contributed by atoms with Gasteiger partial charge in [-0.25, -0.2) is 4.79 Å². The largest absolute Gasteiger partial charge is 0.485 e. The van der Waals surface area contributed by atoms with Crippen LogP contribution in [0.3, 0.4) is 0 Å². The molecule has 32 heavy (non-hydrogen) atoms. The number of nitrogens with one attached hydrogen (secondary N) is 1. The third-order valence-electron chi connectivity index (χ3n) is 4.73. The fraction of sp³-hybridized carbons (Fsp3) is 0.304. The minimum absolute atomic E-state index is 0.175. The Morgan fingerprint density at radius 3 is 2.53 bits per heavy atom. The highest BCUT2D eigenvalue weighted by atomic mass is 32.2. The van der Waals surface area contributed by atoms with Crippen molar-refractivity contribution in [2.75, 3.05) is 18.2 Å². The van der Waals surface area contributed by atoms with Crippen LogP contribution in [0.5, 0.6) is 5.75 Å². The third-order valence-corrected chi connectivity index (χ3v) is 5.70. The van der Waals surface area contributed by atoms with Crippen LogP contribution in [0.25, 0.3) is 0 Å². The number of benzene rings is 2. The highest BCUT2D eigenvalue weighted by Crippen LogP contribution is 2.22. The monoisotopic (exact) mass is 454 g/mol. The van der Waals surface area contributed by atoms with E-state index in [1.165, 1.54) is 18.9 Å². The summed E-state index contributed by atoms with van der Waals surface area (Å²) in [5.41, 5.74) is 3.21. The molecule has 0 aliphatic heterocycles. The van der Waals surface area contributed by atoms with Crippen LogP contribution in [0.2, 0.25) is 0 Å². The first kappa shape index (κ1) is 23.3. The molecule has 168 valence electrons. The van der Waals surface area contributed by atoms with Gasteiger partial charge in [-0.2, -0.15) is 0 Å². The summed E-state index contributed by atoms with van der Waals surface area (Å²) < 4.78 is 12.6. The Morgan fingerprint density at radius 2 is 1.84 bits per heavy atom. The number of aromatic nitrogens is 3. The minimum Gasteiger partial charge on any atom is -0.485 e. The smallest absolute Gasteiger partial charge is 0.337 e. The zero-order valence-electron chi connectivity index (χ0n) is 18.5. The molecule has 0 saturated carbocycles. The Balaban J connectivity index is 1.57. The zero-order chi connectivity index (χ0) is 23.1. The van der Waals surface area contributed by atoms with Crippen molar-refractivity contribution in [3.05, 3.63) is 65.0 Å². The number of esters is 1. The highest BCUT2D eigenvalue weighted by Gasteiger charge is 2.14. The maximum absolute atomic E-state index is 12.3. The molecule has 9 heteroatoms. The van der Waals surface area contributed by atoms with Crippen LogP contribution in [0, 0.1) is 13.8 Å². The van der Waals surface area contributed by atoms with Gasteiger partial charge < -0.3 is 19.4 Å². The second-order valence-corrected chi connectivity index (χ2v) is 8.05. The van der Waals surface area contributed by atoms with Crippen LogP contribution in [-0.2, 0) is 22.7 Å². The Morgan fingerprint density at radius 1 is 1.09 bits per heavy atom. The fourth-order valence-electron chi connectivity index (χ4n) is 2.99. The molecule has 8 nitrogen and oxygen atoms in total. The molecule has 2 aromatic carbocycles. The number of aryl methyl sites for hydroxylation is 2. The highest BCUT2D eigenvalue weighted by molar-refractivity contribution is 7.99. The SMILES string of the molecule is CCn1c(COc2cc(C)ccc2C)nnc1SCC(=O)Nc1ccc(C(=O)OC)cc1. The van der Waals surface area contributed by atoms with Crippen LogP contribution < -0.4 is 10.1 Å². The number of anilines is 1. The summed E-state index contributed by atoms with van der Waals surface area (Å²) in [6.45, 7) is 6.98. The van der Waals surface area contributed by atoms with E-state index in [2.05, 4.69) is 20.3 Å². The van der Waals surface area contributed by atoms with E-state index in [-0.39, 0.29) is 11.7 Å². The van der Waals surface area contributed by atoms with Crippen LogP contribution >= 0.6 is 11.8 Å². The van der Waals surface area contributed by atoms with Gasteiger partial charge in [0.05, 0.1) is 18.4 Å². The summed E-state index contributed by atoms with van der Waals surface area (Å²) in [4.78, 5) is 23.8. The lowest BCUT2D eigenvalue weighted by atomic mass is 10.1. The summed E-state index contributed by atoms with van der Waals surface area (Å²) in [6, 6.07) is 12.6. The van der Waals surface area contributed by atoms with E-state index in [9.17, 15) is 9.59 Å². The molecular weight excluding hydrogens is 428 g/mol. The maximum atomic E-state index is 12.3. The Kier molecular flexibility index (Phi) is 7.88. The number of thioether (sulfide) groups is 1. The van der Waals surface area contributed by atoms with Gasteiger partial charge in [0, 0.05) is 12.2 Å². The van der Waals surface area contributed by atoms with Gasteiger partial charge in [0.1, 0.15) is 12.4 Å². The van der Waals surface area contributed by atoms with Gasteiger partial charge in [0.2, 0.25) is 5.91 Å². The van der Waals surface area contributed by atoms with Crippen molar-refractivity contribution in [2.45, 2.75) is 39.1 Å². The Labute approximate surface area is 191 Å². The molecule has 0 aliphatic rings. The molecule has 0 saturated heterocycles. The minimum atomic E-state index is -0.422. The topological polar surface area (TPSA) is 95.3 Å². The molecule has 0 aliphatic carbocycles. The lowest BCUT2D eigenvalue weighted by Gasteiger charge is -2.11. The Hall–Kier alpha value is -3.33. The van der Waals surface area contributed by atoms with E-state index in [4.69, 9.17) is 4.74 Å². The standard InChI is InChI=1S/C23H26N4O4S/c1-5-27-20(13-31-19-12-15(2)6-7-16(19)3)25-26-23(27)32-14-21(28)24-18-10-8-17(9-11-18)22(29)30-4/h6-12H,5,13-14H2,1-4H3,(H,24,28). The van der Waals surface area contributed by atoms with Crippen molar-refractivity contribution in [2.24, 2.45) is 0 Å². The van der Waals surface area contributed by atoms with Crippen molar-refractivity contribution < 1.29 is 19.1 Å². The lowest BCUT2D eigenvalue weighted by molar-refractivity contribution is -0.113. The van der Waals surface area contributed by atoms with Crippen molar-refractivity contribution in [1.29, 1.82) is 0 Å². The van der Waals surface area contributed by atoms with Crippen molar-refractivity contribution in [3.8, 4) is 5.75 Å². The van der Waals surface area contributed by atoms with E-state index in [0.29, 0.717) is 35.4 Å². The first-order chi connectivity index (χ1) is 15.4. The number of nitrogens with zero attached hydrogens (tertiary/aromatic N) is 3. The van der Waals surface area contributed by atoms with Crippen molar-refractivity contribution in [3.63, 3.8) is 0 Å². The molecule has 1 aromatic heterocycles. The van der Waals surface area contributed by atoms with E-state index in [1.54, 1.807) is 24.3 Å². The molecule has 1 heterocycles. The van der Waals surface area contributed by atoms with Gasteiger partial charge in [-0.15, -0.1) is 10.2 Å². The van der Waals surface area contributed by atoms with Crippen LogP contribution in [-0.4, -0.2) is 39.5 Å². The molecule has 0 atom stereocenters. The summed E-state index contributed by atoms with van der Waals surface area (Å²) in [5.74, 6) is 1.10. The molecule has 0 fully saturated rings. The van der Waals surface area contributed by atoms with Gasteiger partial charge >= 0.3 is 5.97 Å². The van der Waals surface area contributed by atoms with E-state index in [1.807, 2.05) is 43.5 Å². The average molecular weight is 455 g/mol. The molecular formula is C23H26N4O4S. The van der Waals surface area contributed by atoms with Crippen LogP contribution in [0.1, 0.15) is 34.2 Å². The summed E-state index contributed by atoms with van der Waals surface area (Å²) in [6.07, 6.45) is 0. The molecule has 0 unspecified atom stereocenters. The number of carbonyl (C=O) groups excluding carboxylic acids is 2. The fourth-order valence-corrected chi connectivity index (χ4v) is 3.81. The first-order valence-electron chi connectivity index (χ1n) is 10.1. The molecule has 0 spiro atoms. The van der Waals surface area contributed by atoms with Crippen molar-refractivity contribution >= 4 is 29.3 Å². The Bertz CT molecular complexity index is 1100. The summed E-state index contributed by atoms with van der Waals surface area (Å²) in [7, 11) is 1.32. The number of amides is 1. The first-order valence-corrected chi connectivity index (χ1v) is 11.1. The van der Waals surface area contributed by atoms with E-state index < -0.39 is 5.97 Å². The van der Waals surface area contributed by atoms with Gasteiger partial charge in [-0.3, -0.25) is 4.79 Å². The van der Waals surface area contributed by atoms with Gasteiger partial charge in [-0.1, -0.05) is 23.9 Å². The predicted molar refractivity (Wildman–Crippen MR) is 123 cm³/mol. The molecule has 1 amide bonds. The lowest BCUT2D eigenvalue weighted by Crippen LogP contribution is -2.15. The number of hydrogen-bond donors (Lipinski definition) is 1. The van der Waals surface area contributed by atoms with E-state index in [0.717, 1.165) is 16.9 Å². The molecule has 1 N–H and O–H groups in total. The second-order valence-electron chi connectivity index (χ2n) is 7.11. The number of carbonyl (C=O) groups is 2. The molecule has 0 bridgehead atoms. The number of rotatable bonds is 9. The molecule has 3 aromatic rings. The van der Waals surface area contributed by atoms with Crippen molar-refractivity contribution in [1.82, 2.24) is 14.8 Å². The quantitative estimate of drug-likeness (QED) is 0.385. The normalized spacial score (nSPS) is 10.6.